The lowest BCUT2D eigenvalue weighted by atomic mass is 10.1. The van der Waals surface area contributed by atoms with Gasteiger partial charge in [-0.1, -0.05) is 78.0 Å². The normalized spacial score (nSPS) is 11.9. The maximum absolute atomic E-state index is 13.2. The summed E-state index contributed by atoms with van der Waals surface area (Å²) in [5.74, 6) is -0.135. The molecule has 3 aromatic carbocycles. The van der Waals surface area contributed by atoms with E-state index in [0.717, 1.165) is 27.1 Å². The molecule has 29 heavy (non-hydrogen) atoms. The van der Waals surface area contributed by atoms with E-state index < -0.39 is 5.25 Å². The number of rotatable bonds is 5. The van der Waals surface area contributed by atoms with Gasteiger partial charge in [-0.3, -0.25) is 4.79 Å². The lowest BCUT2D eigenvalue weighted by molar-refractivity contribution is -0.115. The highest BCUT2D eigenvalue weighted by Gasteiger charge is 2.24. The molecule has 0 spiro atoms. The van der Waals surface area contributed by atoms with Gasteiger partial charge in [0.05, 0.1) is 5.52 Å². The summed E-state index contributed by atoms with van der Waals surface area (Å²) < 4.78 is 0. The van der Waals surface area contributed by atoms with Gasteiger partial charge in [-0.15, -0.1) is 0 Å². The second-order valence-electron chi connectivity index (χ2n) is 6.56. The van der Waals surface area contributed by atoms with E-state index in [0.29, 0.717) is 10.7 Å². The molecule has 0 saturated heterocycles. The van der Waals surface area contributed by atoms with Gasteiger partial charge in [0.1, 0.15) is 16.6 Å². The largest absolute Gasteiger partial charge is 0.325 e. The van der Waals surface area contributed by atoms with Crippen molar-refractivity contribution in [1.82, 2.24) is 9.97 Å². The zero-order valence-electron chi connectivity index (χ0n) is 15.7. The molecule has 1 heterocycles. The van der Waals surface area contributed by atoms with Crippen LogP contribution in [-0.4, -0.2) is 15.9 Å². The molecule has 0 saturated carbocycles. The summed E-state index contributed by atoms with van der Waals surface area (Å²) >= 11 is 7.63. The fraction of sp³-hybridized carbons (Fsp3) is 0.0870. The Hall–Kier alpha value is -2.89. The van der Waals surface area contributed by atoms with Crippen molar-refractivity contribution in [2.24, 2.45) is 0 Å². The van der Waals surface area contributed by atoms with Gasteiger partial charge in [-0.2, -0.15) is 0 Å². The van der Waals surface area contributed by atoms with E-state index in [1.165, 1.54) is 18.1 Å². The van der Waals surface area contributed by atoms with Gasteiger partial charge in [0.25, 0.3) is 0 Å². The van der Waals surface area contributed by atoms with Crippen molar-refractivity contribution < 1.29 is 4.79 Å². The molecule has 144 valence electrons. The van der Waals surface area contributed by atoms with E-state index in [2.05, 4.69) is 15.3 Å². The van der Waals surface area contributed by atoms with E-state index in [4.69, 9.17) is 11.6 Å². The van der Waals surface area contributed by atoms with Crippen LogP contribution < -0.4 is 5.32 Å². The summed E-state index contributed by atoms with van der Waals surface area (Å²) in [5, 5.41) is 4.82. The number of aromatic nitrogens is 2. The van der Waals surface area contributed by atoms with Crippen LogP contribution in [0, 0.1) is 6.92 Å². The van der Waals surface area contributed by atoms with Crippen LogP contribution in [0.1, 0.15) is 16.4 Å². The number of carbonyl (C=O) groups excluding carboxylic acids is 1. The molecule has 4 nitrogen and oxygen atoms in total. The fourth-order valence-corrected chi connectivity index (χ4v) is 4.24. The number of benzene rings is 3. The molecule has 6 heteroatoms. The summed E-state index contributed by atoms with van der Waals surface area (Å²) in [6.07, 6.45) is 1.53. The summed E-state index contributed by atoms with van der Waals surface area (Å²) in [6.45, 7) is 1.93. The standard InChI is InChI=1S/C23H18ClN3OS/c1-15-11-12-17(13-19(15)24)27-22(28)21(16-7-3-2-4-8-16)29-23-18-9-5-6-10-20(18)25-14-26-23/h2-14,21H,1H3,(H,27,28). The molecular formula is C23H18ClN3OS. The number of hydrogen-bond donors (Lipinski definition) is 1. The average molecular weight is 420 g/mol. The van der Waals surface area contributed by atoms with Crippen LogP contribution in [0.3, 0.4) is 0 Å². The molecular weight excluding hydrogens is 402 g/mol. The van der Waals surface area contributed by atoms with E-state index >= 15 is 0 Å². The van der Waals surface area contributed by atoms with E-state index in [1.54, 1.807) is 6.07 Å². The van der Waals surface area contributed by atoms with Gasteiger partial charge in [-0.25, -0.2) is 9.97 Å². The number of hydrogen-bond acceptors (Lipinski definition) is 4. The average Bonchev–Trinajstić information content (AvgIpc) is 2.75. The van der Waals surface area contributed by atoms with Gasteiger partial charge in [0, 0.05) is 16.1 Å². The van der Waals surface area contributed by atoms with E-state index in [1.807, 2.05) is 73.7 Å². The summed E-state index contributed by atoms with van der Waals surface area (Å²) in [5.41, 5.74) is 3.38. The second-order valence-corrected chi connectivity index (χ2v) is 8.06. The molecule has 4 rings (SSSR count). The monoisotopic (exact) mass is 419 g/mol. The minimum Gasteiger partial charge on any atom is -0.325 e. The number of halogens is 1. The molecule has 0 radical (unpaired) electrons. The molecule has 1 amide bonds. The predicted molar refractivity (Wildman–Crippen MR) is 119 cm³/mol. The van der Waals surface area contributed by atoms with Gasteiger partial charge in [0.2, 0.25) is 5.91 Å². The van der Waals surface area contributed by atoms with Gasteiger partial charge >= 0.3 is 0 Å². The van der Waals surface area contributed by atoms with Crippen molar-refractivity contribution in [3.63, 3.8) is 0 Å². The molecule has 1 aromatic heterocycles. The highest BCUT2D eigenvalue weighted by atomic mass is 35.5. The highest BCUT2D eigenvalue weighted by Crippen LogP contribution is 2.38. The highest BCUT2D eigenvalue weighted by molar-refractivity contribution is 8.00. The van der Waals surface area contributed by atoms with Crippen LogP contribution in [-0.2, 0) is 4.79 Å². The maximum atomic E-state index is 13.2. The summed E-state index contributed by atoms with van der Waals surface area (Å²) in [4.78, 5) is 22.0. The third-order valence-corrected chi connectivity index (χ3v) is 6.19. The summed E-state index contributed by atoms with van der Waals surface area (Å²) in [6, 6.07) is 23.0. The molecule has 0 aliphatic heterocycles. The van der Waals surface area contributed by atoms with E-state index in [9.17, 15) is 4.79 Å². The van der Waals surface area contributed by atoms with Crippen LogP contribution >= 0.6 is 23.4 Å². The molecule has 0 fully saturated rings. The molecule has 1 unspecified atom stereocenters. The SMILES string of the molecule is Cc1ccc(NC(=O)C(Sc2ncnc3ccccc23)c2ccccc2)cc1Cl. The molecule has 0 bridgehead atoms. The Morgan fingerprint density at radius 2 is 1.76 bits per heavy atom. The van der Waals surface area contributed by atoms with Crippen molar-refractivity contribution in [3.8, 4) is 0 Å². The first kappa shape index (κ1) is 19.4. The van der Waals surface area contributed by atoms with Crippen LogP contribution in [0.25, 0.3) is 10.9 Å². The number of nitrogens with one attached hydrogen (secondary N) is 1. The number of para-hydroxylation sites is 1. The number of aryl methyl sites for hydroxylation is 1. The maximum Gasteiger partial charge on any atom is 0.242 e. The third kappa shape index (κ3) is 4.42. The first-order valence-corrected chi connectivity index (χ1v) is 10.4. The molecule has 0 aliphatic carbocycles. The van der Waals surface area contributed by atoms with Crippen LogP contribution in [0.5, 0.6) is 0 Å². The number of thioether (sulfide) groups is 1. The minimum absolute atomic E-state index is 0.135. The van der Waals surface area contributed by atoms with Crippen molar-refractivity contribution >= 4 is 45.9 Å². The number of carbonyl (C=O) groups is 1. The molecule has 4 aromatic rings. The Morgan fingerprint density at radius 3 is 2.55 bits per heavy atom. The van der Waals surface area contributed by atoms with Gasteiger partial charge in [0.15, 0.2) is 0 Å². The van der Waals surface area contributed by atoms with Crippen molar-refractivity contribution in [2.75, 3.05) is 5.32 Å². The first-order valence-electron chi connectivity index (χ1n) is 9.10. The fourth-order valence-electron chi connectivity index (χ4n) is 2.96. The minimum atomic E-state index is -0.477. The van der Waals surface area contributed by atoms with Crippen LogP contribution in [0.4, 0.5) is 5.69 Å². The number of nitrogens with zero attached hydrogens (tertiary/aromatic N) is 2. The Labute approximate surface area is 178 Å². The van der Waals surface area contributed by atoms with Crippen molar-refractivity contribution in [2.45, 2.75) is 17.2 Å². The lowest BCUT2D eigenvalue weighted by Gasteiger charge is -2.17. The lowest BCUT2D eigenvalue weighted by Crippen LogP contribution is -2.19. The molecule has 1 atom stereocenters. The second kappa shape index (κ2) is 8.64. The van der Waals surface area contributed by atoms with Crippen LogP contribution in [0.2, 0.25) is 5.02 Å². The zero-order valence-corrected chi connectivity index (χ0v) is 17.2. The predicted octanol–water partition coefficient (Wildman–Crippen LogP) is 6.06. The number of fused-ring (bicyclic) bond motifs is 1. The first-order chi connectivity index (χ1) is 14.1. The third-order valence-electron chi connectivity index (χ3n) is 4.52. The summed E-state index contributed by atoms with van der Waals surface area (Å²) in [7, 11) is 0. The van der Waals surface area contributed by atoms with Gasteiger partial charge in [-0.05, 0) is 36.2 Å². The Balaban J connectivity index is 1.68. The molecule has 1 N–H and O–H groups in total. The Bertz CT molecular complexity index is 1160. The topological polar surface area (TPSA) is 54.9 Å². The number of anilines is 1. The molecule has 0 aliphatic rings. The Morgan fingerprint density at radius 1 is 1.00 bits per heavy atom. The van der Waals surface area contributed by atoms with E-state index in [-0.39, 0.29) is 5.91 Å². The zero-order chi connectivity index (χ0) is 20.2. The number of amides is 1. The van der Waals surface area contributed by atoms with Crippen molar-refractivity contribution in [1.29, 1.82) is 0 Å². The quantitative estimate of drug-likeness (QED) is 0.315. The Kier molecular flexibility index (Phi) is 5.79. The smallest absolute Gasteiger partial charge is 0.242 e. The van der Waals surface area contributed by atoms with Gasteiger partial charge < -0.3 is 5.32 Å². The van der Waals surface area contributed by atoms with Crippen LogP contribution in [0.15, 0.2) is 84.1 Å². The van der Waals surface area contributed by atoms with Crippen molar-refractivity contribution in [3.05, 3.63) is 95.3 Å².